The zero-order valence-corrected chi connectivity index (χ0v) is 18.9. The Morgan fingerprint density at radius 2 is 1.10 bits per heavy atom. The summed E-state index contributed by atoms with van der Waals surface area (Å²) in [5, 5.41) is 2.90. The summed E-state index contributed by atoms with van der Waals surface area (Å²) in [7, 11) is 0. The van der Waals surface area contributed by atoms with E-state index < -0.39 is 0 Å². The zero-order valence-electron chi connectivity index (χ0n) is 17.3. The first kappa shape index (κ1) is 23.4. The first-order valence-corrected chi connectivity index (χ1v) is 10.6. The monoisotopic (exact) mass is 442 g/mol. The lowest BCUT2D eigenvalue weighted by molar-refractivity contribution is 0.0718. The zero-order chi connectivity index (χ0) is 22.1. The highest BCUT2D eigenvalue weighted by molar-refractivity contribution is 7.82. The fourth-order valence-corrected chi connectivity index (χ4v) is 3.13. The number of nitrogens with one attached hydrogen (secondary N) is 2. The number of rotatable bonds is 6. The maximum atomic E-state index is 12.7. The molecule has 158 valence electrons. The van der Waals surface area contributed by atoms with Crippen LogP contribution < -0.4 is 10.9 Å². The fourth-order valence-electron chi connectivity index (χ4n) is 2.60. The van der Waals surface area contributed by atoms with Crippen LogP contribution in [0.2, 0.25) is 0 Å². The third-order valence-electron chi connectivity index (χ3n) is 4.44. The van der Waals surface area contributed by atoms with Crippen LogP contribution in [0.1, 0.15) is 41.5 Å². The van der Waals surface area contributed by atoms with Crippen LogP contribution in [-0.2, 0) is 0 Å². The number of carbonyl (C=O) groups excluding carboxylic acids is 2. The summed E-state index contributed by atoms with van der Waals surface area (Å²) in [5.74, 6) is -0.743. The van der Waals surface area contributed by atoms with Gasteiger partial charge in [0.15, 0.2) is 0 Å². The third kappa shape index (κ3) is 6.08. The number of hydrogen-bond donors (Lipinski definition) is 2. The average Bonchev–Trinajstić information content (AvgIpc) is 2.80. The van der Waals surface area contributed by atoms with Gasteiger partial charge in [0.25, 0.3) is 11.8 Å². The van der Waals surface area contributed by atoms with Crippen molar-refractivity contribution in [3.05, 3.63) is 71.8 Å². The summed E-state index contributed by atoms with van der Waals surface area (Å²) >= 11 is 11.0. The van der Waals surface area contributed by atoms with Gasteiger partial charge in [-0.15, -0.1) is 0 Å². The number of thiocarbonyl (C=S) groups is 2. The van der Waals surface area contributed by atoms with Crippen molar-refractivity contribution in [2.45, 2.75) is 20.8 Å². The number of benzene rings is 2. The topological polar surface area (TPSA) is 64.7 Å². The minimum absolute atomic E-state index is 0.180. The molecule has 2 N–H and O–H groups in total. The average molecular weight is 443 g/mol. The lowest BCUT2D eigenvalue weighted by atomic mass is 10.2. The van der Waals surface area contributed by atoms with Crippen LogP contribution >= 0.6 is 24.4 Å². The molecule has 0 aliphatic carbocycles. The van der Waals surface area contributed by atoms with E-state index in [0.29, 0.717) is 34.2 Å². The summed E-state index contributed by atoms with van der Waals surface area (Å²) in [5.41, 5.74) is 7.09. The molecule has 0 fully saturated rings. The van der Waals surface area contributed by atoms with Gasteiger partial charge in [0.05, 0.1) is 5.92 Å². The predicted molar refractivity (Wildman–Crippen MR) is 127 cm³/mol. The van der Waals surface area contributed by atoms with Crippen LogP contribution in [0.3, 0.4) is 0 Å². The van der Waals surface area contributed by atoms with Crippen LogP contribution in [0.5, 0.6) is 0 Å². The first-order valence-electron chi connectivity index (χ1n) is 9.73. The molecule has 0 aliphatic rings. The second-order valence-electron chi connectivity index (χ2n) is 6.50. The van der Waals surface area contributed by atoms with Crippen molar-refractivity contribution in [3.8, 4) is 0 Å². The molecule has 0 heterocycles. The van der Waals surface area contributed by atoms with E-state index in [9.17, 15) is 9.59 Å². The van der Waals surface area contributed by atoms with Crippen LogP contribution in [0, 0.1) is 5.92 Å². The molecule has 0 saturated carbocycles. The molecule has 0 aliphatic heterocycles. The molecule has 2 aromatic carbocycles. The Balaban J connectivity index is 2.00. The van der Waals surface area contributed by atoms with E-state index in [1.54, 1.807) is 24.3 Å². The standard InChI is InChI=1S/C22H26N4O2S2/c1-4-25(21(27)17-12-8-6-9-13-17)23-19(29)16(3)20(30)24-26(5-2)22(28)18-14-10-7-11-15-18/h6-16H,4-5H2,1-3H3,(H,23,29)(H,24,30). The summed E-state index contributed by atoms with van der Waals surface area (Å²) < 4.78 is 0. The van der Waals surface area contributed by atoms with E-state index in [0.717, 1.165) is 0 Å². The second-order valence-corrected chi connectivity index (χ2v) is 7.38. The van der Waals surface area contributed by atoms with Gasteiger partial charge in [0.1, 0.15) is 9.98 Å². The molecule has 30 heavy (non-hydrogen) atoms. The Morgan fingerprint density at radius 3 is 1.40 bits per heavy atom. The summed E-state index contributed by atoms with van der Waals surface area (Å²) in [6, 6.07) is 17.9. The van der Waals surface area contributed by atoms with E-state index >= 15 is 0 Å². The summed E-state index contributed by atoms with van der Waals surface area (Å²) in [6.07, 6.45) is 0. The quantitative estimate of drug-likeness (QED) is 0.526. The molecular weight excluding hydrogens is 416 g/mol. The van der Waals surface area contributed by atoms with Crippen LogP contribution in [0.4, 0.5) is 0 Å². The van der Waals surface area contributed by atoms with E-state index in [1.165, 1.54) is 10.0 Å². The van der Waals surface area contributed by atoms with Crippen molar-refractivity contribution in [2.75, 3.05) is 13.1 Å². The SMILES string of the molecule is CCN(NC(=S)C(C)C(=S)NN(CC)C(=O)c1ccccc1)C(=O)c1ccccc1. The summed E-state index contributed by atoms with van der Waals surface area (Å²) in [6.45, 7) is 6.39. The number of hydrazine groups is 2. The fraction of sp³-hybridized carbons (Fsp3) is 0.273. The molecule has 2 rings (SSSR count). The van der Waals surface area contributed by atoms with Crippen LogP contribution in [0.25, 0.3) is 0 Å². The highest BCUT2D eigenvalue weighted by atomic mass is 32.1. The van der Waals surface area contributed by atoms with Gasteiger partial charge in [-0.3, -0.25) is 30.5 Å². The Morgan fingerprint density at radius 1 is 0.767 bits per heavy atom. The van der Waals surface area contributed by atoms with Crippen LogP contribution in [-0.4, -0.2) is 44.9 Å². The van der Waals surface area contributed by atoms with Crippen molar-refractivity contribution in [3.63, 3.8) is 0 Å². The lowest BCUT2D eigenvalue weighted by Gasteiger charge is -2.29. The van der Waals surface area contributed by atoms with E-state index in [4.69, 9.17) is 24.4 Å². The minimum Gasteiger partial charge on any atom is -0.288 e. The van der Waals surface area contributed by atoms with E-state index in [-0.39, 0.29) is 17.7 Å². The highest BCUT2D eigenvalue weighted by Crippen LogP contribution is 2.08. The Kier molecular flexibility index (Phi) is 8.89. The number of amides is 2. The molecule has 0 unspecified atom stereocenters. The molecule has 0 saturated heterocycles. The Hall–Kier alpha value is -2.84. The first-order chi connectivity index (χ1) is 14.4. The highest BCUT2D eigenvalue weighted by Gasteiger charge is 2.22. The van der Waals surface area contributed by atoms with Gasteiger partial charge in [0.2, 0.25) is 0 Å². The third-order valence-corrected chi connectivity index (χ3v) is 5.33. The van der Waals surface area contributed by atoms with Gasteiger partial charge in [-0.05, 0) is 45.0 Å². The van der Waals surface area contributed by atoms with E-state index in [1.807, 2.05) is 57.2 Å². The van der Waals surface area contributed by atoms with Crippen molar-refractivity contribution in [1.29, 1.82) is 0 Å². The number of hydrogen-bond acceptors (Lipinski definition) is 4. The number of nitrogens with zero attached hydrogens (tertiary/aromatic N) is 2. The largest absolute Gasteiger partial charge is 0.288 e. The molecular formula is C22H26N4O2S2. The molecule has 0 aromatic heterocycles. The lowest BCUT2D eigenvalue weighted by Crippen LogP contribution is -2.52. The van der Waals surface area contributed by atoms with Crippen molar-refractivity contribution < 1.29 is 9.59 Å². The normalized spacial score (nSPS) is 10.3. The van der Waals surface area contributed by atoms with Crippen molar-refractivity contribution >= 4 is 46.2 Å². The smallest absolute Gasteiger partial charge is 0.272 e. The van der Waals surface area contributed by atoms with Crippen molar-refractivity contribution in [2.24, 2.45) is 5.92 Å². The van der Waals surface area contributed by atoms with Gasteiger partial charge in [-0.2, -0.15) is 0 Å². The van der Waals surface area contributed by atoms with Gasteiger partial charge in [0, 0.05) is 24.2 Å². The number of carbonyl (C=O) groups is 2. The predicted octanol–water partition coefficient (Wildman–Crippen LogP) is 3.61. The Labute approximate surface area is 188 Å². The molecule has 2 aromatic rings. The van der Waals surface area contributed by atoms with Gasteiger partial charge >= 0.3 is 0 Å². The molecule has 8 heteroatoms. The molecule has 6 nitrogen and oxygen atoms in total. The molecule has 0 bridgehead atoms. The van der Waals surface area contributed by atoms with Crippen molar-refractivity contribution in [1.82, 2.24) is 20.9 Å². The maximum Gasteiger partial charge on any atom is 0.272 e. The van der Waals surface area contributed by atoms with Gasteiger partial charge in [-0.25, -0.2) is 0 Å². The van der Waals surface area contributed by atoms with E-state index in [2.05, 4.69) is 10.9 Å². The molecule has 0 atom stereocenters. The molecule has 2 amide bonds. The van der Waals surface area contributed by atoms with Gasteiger partial charge in [-0.1, -0.05) is 60.8 Å². The molecule has 0 radical (unpaired) electrons. The van der Waals surface area contributed by atoms with Crippen LogP contribution in [0.15, 0.2) is 60.7 Å². The van der Waals surface area contributed by atoms with Gasteiger partial charge < -0.3 is 0 Å². The molecule has 0 spiro atoms. The minimum atomic E-state index is -0.384. The second kappa shape index (κ2) is 11.4. The summed E-state index contributed by atoms with van der Waals surface area (Å²) in [4.78, 5) is 26.1. The Bertz CT molecular complexity index is 817. The maximum absolute atomic E-state index is 12.7.